The number of hydrogen-bond donors (Lipinski definition) is 1. The van der Waals surface area contributed by atoms with Crippen LogP contribution in [0.1, 0.15) is 23.2 Å². The van der Waals surface area contributed by atoms with E-state index in [-0.39, 0.29) is 27.7 Å². The molecule has 1 fully saturated rings. The summed E-state index contributed by atoms with van der Waals surface area (Å²) in [7, 11) is 0. The number of nitro benzene ring substituents is 1. The Morgan fingerprint density at radius 1 is 1.19 bits per heavy atom. The first kappa shape index (κ1) is 23.2. The molecule has 1 N–H and O–H groups in total. The lowest BCUT2D eigenvalue weighted by Gasteiger charge is -2.20. The minimum atomic E-state index is -3.05. The Balaban J connectivity index is 1.66. The Labute approximate surface area is 186 Å². The molecule has 1 heterocycles. The van der Waals surface area contributed by atoms with Crippen LogP contribution in [0.15, 0.2) is 36.4 Å². The van der Waals surface area contributed by atoms with E-state index in [9.17, 15) is 28.5 Å². The second-order valence-electron chi connectivity index (χ2n) is 6.80. The highest BCUT2D eigenvalue weighted by atomic mass is 35.5. The number of anilines is 2. The fourth-order valence-corrected chi connectivity index (χ4v) is 3.44. The predicted molar refractivity (Wildman–Crippen MR) is 112 cm³/mol. The van der Waals surface area contributed by atoms with E-state index in [2.05, 4.69) is 10.1 Å². The fraction of sp³-hybridized carbons (Fsp3) is 0.300. The van der Waals surface area contributed by atoms with Crippen LogP contribution in [0.25, 0.3) is 0 Å². The highest BCUT2D eigenvalue weighted by Crippen LogP contribution is 2.30. The van der Waals surface area contributed by atoms with Crippen LogP contribution >= 0.6 is 11.6 Å². The number of benzene rings is 2. The molecule has 1 aliphatic rings. The average molecular weight is 470 g/mol. The van der Waals surface area contributed by atoms with Crippen molar-refractivity contribution >= 4 is 40.5 Å². The molecule has 170 valence electrons. The Bertz CT molecular complexity index is 1030. The number of ether oxygens (including phenoxy) is 2. The van der Waals surface area contributed by atoms with Crippen molar-refractivity contribution in [3.8, 4) is 5.75 Å². The van der Waals surface area contributed by atoms with E-state index < -0.39 is 30.0 Å². The maximum atomic E-state index is 12.6. The summed E-state index contributed by atoms with van der Waals surface area (Å²) in [6.45, 7) is -2.32. The third-order valence-electron chi connectivity index (χ3n) is 4.62. The highest BCUT2D eigenvalue weighted by Gasteiger charge is 2.24. The van der Waals surface area contributed by atoms with Gasteiger partial charge in [-0.1, -0.05) is 11.6 Å². The van der Waals surface area contributed by atoms with E-state index in [0.717, 1.165) is 25.0 Å². The molecule has 2 aromatic carbocycles. The SMILES string of the molecule is O=C(COC(=O)c1cc([N+](=O)[O-])ccc1N1CCCC1)Nc1ccc(OC(F)F)c(Cl)c1. The molecule has 0 radical (unpaired) electrons. The monoisotopic (exact) mass is 469 g/mol. The van der Waals surface area contributed by atoms with Gasteiger partial charge in [-0.25, -0.2) is 4.79 Å². The number of nitro groups is 1. The third kappa shape index (κ3) is 5.82. The van der Waals surface area contributed by atoms with E-state index >= 15 is 0 Å². The van der Waals surface area contributed by atoms with Crippen molar-refractivity contribution in [2.45, 2.75) is 19.5 Å². The summed E-state index contributed by atoms with van der Waals surface area (Å²) in [6, 6.07) is 7.56. The molecule has 1 amide bonds. The van der Waals surface area contributed by atoms with Gasteiger partial charge in [0.1, 0.15) is 5.75 Å². The normalized spacial score (nSPS) is 13.2. The van der Waals surface area contributed by atoms with Crippen molar-refractivity contribution in [1.82, 2.24) is 0 Å². The molecule has 3 rings (SSSR count). The fourth-order valence-electron chi connectivity index (χ4n) is 3.21. The summed E-state index contributed by atoms with van der Waals surface area (Å²) < 4.78 is 33.8. The molecule has 9 nitrogen and oxygen atoms in total. The van der Waals surface area contributed by atoms with E-state index in [1.807, 2.05) is 4.90 Å². The number of carbonyl (C=O) groups excluding carboxylic acids is 2. The summed E-state index contributed by atoms with van der Waals surface area (Å²) in [5, 5.41) is 13.4. The summed E-state index contributed by atoms with van der Waals surface area (Å²) in [5.74, 6) is -1.86. The first-order valence-corrected chi connectivity index (χ1v) is 9.87. The van der Waals surface area contributed by atoms with Crippen LogP contribution in [0.5, 0.6) is 5.75 Å². The zero-order valence-electron chi connectivity index (χ0n) is 16.6. The molecule has 0 spiro atoms. The van der Waals surface area contributed by atoms with Crippen LogP contribution in [0.2, 0.25) is 5.02 Å². The van der Waals surface area contributed by atoms with Crippen LogP contribution in [0, 0.1) is 10.1 Å². The van der Waals surface area contributed by atoms with Gasteiger partial charge in [0.25, 0.3) is 11.6 Å². The van der Waals surface area contributed by atoms with Gasteiger partial charge in [0.05, 0.1) is 21.2 Å². The van der Waals surface area contributed by atoms with Crippen molar-refractivity contribution in [1.29, 1.82) is 0 Å². The van der Waals surface area contributed by atoms with Crippen molar-refractivity contribution in [2.75, 3.05) is 29.9 Å². The Morgan fingerprint density at radius 3 is 2.53 bits per heavy atom. The van der Waals surface area contributed by atoms with Crippen LogP contribution in [-0.2, 0) is 9.53 Å². The minimum Gasteiger partial charge on any atom is -0.452 e. The molecule has 0 saturated carbocycles. The molecule has 2 aromatic rings. The summed E-state index contributed by atoms with van der Waals surface area (Å²) in [4.78, 5) is 37.1. The minimum absolute atomic E-state index is 0.00885. The zero-order valence-corrected chi connectivity index (χ0v) is 17.3. The van der Waals surface area contributed by atoms with Crippen LogP contribution in [0.3, 0.4) is 0 Å². The van der Waals surface area contributed by atoms with Crippen molar-refractivity contribution in [3.63, 3.8) is 0 Å². The summed E-state index contributed by atoms with van der Waals surface area (Å²) >= 11 is 5.83. The predicted octanol–water partition coefficient (Wildman–Crippen LogP) is 4.25. The number of halogens is 3. The van der Waals surface area contributed by atoms with E-state index in [4.69, 9.17) is 16.3 Å². The molecule has 1 aliphatic heterocycles. The van der Waals surface area contributed by atoms with Crippen LogP contribution < -0.4 is 15.0 Å². The van der Waals surface area contributed by atoms with E-state index in [1.165, 1.54) is 24.3 Å². The molecule has 0 atom stereocenters. The van der Waals surface area contributed by atoms with Gasteiger partial charge in [-0.3, -0.25) is 14.9 Å². The molecular weight excluding hydrogens is 452 g/mol. The first-order chi connectivity index (χ1) is 15.2. The highest BCUT2D eigenvalue weighted by molar-refractivity contribution is 6.32. The quantitative estimate of drug-likeness (QED) is 0.349. The topological polar surface area (TPSA) is 111 Å². The number of rotatable bonds is 8. The molecule has 12 heteroatoms. The van der Waals surface area contributed by atoms with E-state index in [1.54, 1.807) is 0 Å². The van der Waals surface area contributed by atoms with Crippen molar-refractivity contribution in [2.24, 2.45) is 0 Å². The van der Waals surface area contributed by atoms with Gasteiger partial charge in [0.15, 0.2) is 6.61 Å². The molecule has 32 heavy (non-hydrogen) atoms. The Kier molecular flexibility index (Phi) is 7.41. The number of nitrogens with one attached hydrogen (secondary N) is 1. The number of alkyl halides is 2. The van der Waals surface area contributed by atoms with Gasteiger partial charge >= 0.3 is 12.6 Å². The lowest BCUT2D eigenvalue weighted by molar-refractivity contribution is -0.384. The molecular formula is C20H18ClF2N3O6. The van der Waals surface area contributed by atoms with Gasteiger partial charge < -0.3 is 19.7 Å². The molecule has 0 aromatic heterocycles. The van der Waals surface area contributed by atoms with Gasteiger partial charge in [-0.2, -0.15) is 8.78 Å². The Hall–Kier alpha value is -3.47. The van der Waals surface area contributed by atoms with Gasteiger partial charge in [0.2, 0.25) is 0 Å². The van der Waals surface area contributed by atoms with Crippen molar-refractivity contribution < 1.29 is 32.8 Å². The number of hydrogen-bond acceptors (Lipinski definition) is 7. The standard InChI is InChI=1S/C20H18ClF2N3O6/c21-15-9-12(3-6-17(15)32-20(22)23)24-18(27)11-31-19(28)14-10-13(26(29)30)4-5-16(14)25-7-1-2-8-25/h3-6,9-10,20H,1-2,7-8,11H2,(H,24,27). The lowest BCUT2D eigenvalue weighted by atomic mass is 10.1. The number of non-ortho nitro benzene ring substituents is 1. The lowest BCUT2D eigenvalue weighted by Crippen LogP contribution is -2.24. The Morgan fingerprint density at radius 2 is 1.91 bits per heavy atom. The number of esters is 1. The second kappa shape index (κ2) is 10.2. The molecule has 1 saturated heterocycles. The number of nitrogens with zero attached hydrogens (tertiary/aromatic N) is 2. The summed E-state index contributed by atoms with van der Waals surface area (Å²) in [5.41, 5.74) is 0.390. The smallest absolute Gasteiger partial charge is 0.387 e. The first-order valence-electron chi connectivity index (χ1n) is 9.49. The zero-order chi connectivity index (χ0) is 23.3. The third-order valence-corrected chi connectivity index (χ3v) is 4.92. The van der Waals surface area contributed by atoms with Gasteiger partial charge in [0, 0.05) is 30.9 Å². The van der Waals surface area contributed by atoms with Gasteiger partial charge in [-0.15, -0.1) is 0 Å². The average Bonchev–Trinajstić information content (AvgIpc) is 3.28. The second-order valence-corrected chi connectivity index (χ2v) is 7.21. The maximum Gasteiger partial charge on any atom is 0.387 e. The molecule has 0 aliphatic carbocycles. The van der Waals surface area contributed by atoms with E-state index in [0.29, 0.717) is 18.8 Å². The van der Waals surface area contributed by atoms with Crippen LogP contribution in [-0.4, -0.2) is 43.1 Å². The number of amides is 1. The molecule has 0 unspecified atom stereocenters. The maximum absolute atomic E-state index is 12.6. The van der Waals surface area contributed by atoms with Crippen molar-refractivity contribution in [3.05, 3.63) is 57.1 Å². The van der Waals surface area contributed by atoms with Crippen LogP contribution in [0.4, 0.5) is 25.8 Å². The molecule has 0 bridgehead atoms. The largest absolute Gasteiger partial charge is 0.452 e. The number of carbonyl (C=O) groups is 2. The summed E-state index contributed by atoms with van der Waals surface area (Å²) in [6.07, 6.45) is 1.86. The van der Waals surface area contributed by atoms with Gasteiger partial charge in [-0.05, 0) is 37.1 Å².